The zero-order chi connectivity index (χ0) is 14.1. The predicted molar refractivity (Wildman–Crippen MR) is 73.9 cm³/mol. The summed E-state index contributed by atoms with van der Waals surface area (Å²) in [5.74, 6) is 1.44. The number of anilines is 1. The van der Waals surface area contributed by atoms with Crippen LogP contribution in [0.15, 0.2) is 12.4 Å². The van der Waals surface area contributed by atoms with Crippen molar-refractivity contribution < 1.29 is 9.53 Å². The van der Waals surface area contributed by atoms with E-state index in [1.807, 2.05) is 20.0 Å². The molecule has 20 heavy (non-hydrogen) atoms. The molecule has 2 saturated heterocycles. The standard InChI is InChI=1S/C13H19N5O2/c1-3-20-12-6-11(14-8-15-12)18-5-4-10-9(7-18)16-13(19)17(10)2/h6,8-10H,3-5,7H2,1-2H3,(H,16,19)/t9-,10+/m1/s1. The topological polar surface area (TPSA) is 70.6 Å². The molecular formula is C13H19N5O2. The molecule has 2 atom stereocenters. The molecule has 1 aromatic rings. The predicted octanol–water partition coefficient (Wildman–Crippen LogP) is 0.478. The Bertz CT molecular complexity index is 509. The maximum Gasteiger partial charge on any atom is 0.317 e. The largest absolute Gasteiger partial charge is 0.478 e. The first-order valence-electron chi connectivity index (χ1n) is 6.92. The molecule has 0 aliphatic carbocycles. The molecule has 0 spiro atoms. The average molecular weight is 277 g/mol. The number of fused-ring (bicyclic) bond motifs is 1. The van der Waals surface area contributed by atoms with Gasteiger partial charge in [-0.15, -0.1) is 0 Å². The smallest absolute Gasteiger partial charge is 0.317 e. The number of nitrogens with one attached hydrogen (secondary N) is 1. The summed E-state index contributed by atoms with van der Waals surface area (Å²) in [4.78, 5) is 24.0. The normalized spacial score (nSPS) is 25.4. The van der Waals surface area contributed by atoms with Crippen molar-refractivity contribution in [3.63, 3.8) is 0 Å². The fraction of sp³-hybridized carbons (Fsp3) is 0.615. The number of urea groups is 1. The Morgan fingerprint density at radius 3 is 3.15 bits per heavy atom. The van der Waals surface area contributed by atoms with Gasteiger partial charge in [-0.2, -0.15) is 0 Å². The van der Waals surface area contributed by atoms with Crippen LogP contribution in [0.2, 0.25) is 0 Å². The third kappa shape index (κ3) is 2.23. The zero-order valence-corrected chi connectivity index (χ0v) is 11.7. The van der Waals surface area contributed by atoms with E-state index in [-0.39, 0.29) is 18.1 Å². The second kappa shape index (κ2) is 5.15. The molecule has 2 fully saturated rings. The number of ether oxygens (including phenoxy) is 1. The van der Waals surface area contributed by atoms with Gasteiger partial charge in [0.05, 0.1) is 18.7 Å². The number of hydrogen-bond acceptors (Lipinski definition) is 5. The Morgan fingerprint density at radius 2 is 2.35 bits per heavy atom. The molecule has 0 radical (unpaired) electrons. The molecule has 2 aliphatic rings. The van der Waals surface area contributed by atoms with Crippen LogP contribution in [0.4, 0.5) is 10.6 Å². The van der Waals surface area contributed by atoms with Gasteiger partial charge in [-0.1, -0.05) is 0 Å². The highest BCUT2D eigenvalue weighted by atomic mass is 16.5. The molecule has 108 valence electrons. The summed E-state index contributed by atoms with van der Waals surface area (Å²) >= 11 is 0. The fourth-order valence-electron chi connectivity index (χ4n) is 2.89. The molecule has 1 N–H and O–H groups in total. The Labute approximate surface area is 117 Å². The number of likely N-dealkylation sites (N-methyl/N-ethyl adjacent to an activating group) is 1. The molecule has 2 amide bonds. The first-order chi connectivity index (χ1) is 9.69. The van der Waals surface area contributed by atoms with Gasteiger partial charge in [0.2, 0.25) is 5.88 Å². The average Bonchev–Trinajstić information content (AvgIpc) is 2.74. The van der Waals surface area contributed by atoms with E-state index < -0.39 is 0 Å². The molecule has 7 heteroatoms. The van der Waals surface area contributed by atoms with Crippen LogP contribution in [0.1, 0.15) is 13.3 Å². The van der Waals surface area contributed by atoms with E-state index in [4.69, 9.17) is 4.74 Å². The lowest BCUT2D eigenvalue weighted by Crippen LogP contribution is -2.51. The van der Waals surface area contributed by atoms with Crippen molar-refractivity contribution in [2.45, 2.75) is 25.4 Å². The molecular weight excluding hydrogens is 258 g/mol. The maximum absolute atomic E-state index is 11.7. The third-order valence-electron chi connectivity index (χ3n) is 3.95. The highest BCUT2D eigenvalue weighted by Gasteiger charge is 2.40. The molecule has 0 aromatic carbocycles. The van der Waals surface area contributed by atoms with Crippen LogP contribution in [0.25, 0.3) is 0 Å². The van der Waals surface area contributed by atoms with Crippen molar-refractivity contribution in [3.05, 3.63) is 12.4 Å². The fourth-order valence-corrected chi connectivity index (χ4v) is 2.89. The molecule has 0 unspecified atom stereocenters. The Kier molecular flexibility index (Phi) is 3.33. The van der Waals surface area contributed by atoms with Gasteiger partial charge in [0.25, 0.3) is 0 Å². The summed E-state index contributed by atoms with van der Waals surface area (Å²) in [5.41, 5.74) is 0. The summed E-state index contributed by atoms with van der Waals surface area (Å²) in [5, 5.41) is 3.02. The van der Waals surface area contributed by atoms with Gasteiger partial charge in [-0.3, -0.25) is 0 Å². The second-order valence-corrected chi connectivity index (χ2v) is 5.12. The number of piperidine rings is 1. The summed E-state index contributed by atoms with van der Waals surface area (Å²) in [6, 6.07) is 2.31. The minimum Gasteiger partial charge on any atom is -0.478 e. The van der Waals surface area contributed by atoms with Gasteiger partial charge in [-0.25, -0.2) is 14.8 Å². The van der Waals surface area contributed by atoms with Gasteiger partial charge >= 0.3 is 6.03 Å². The van der Waals surface area contributed by atoms with E-state index in [0.717, 1.165) is 25.3 Å². The highest BCUT2D eigenvalue weighted by molar-refractivity contribution is 5.77. The van der Waals surface area contributed by atoms with E-state index in [1.54, 1.807) is 4.90 Å². The number of carbonyl (C=O) groups excluding carboxylic acids is 1. The third-order valence-corrected chi connectivity index (χ3v) is 3.95. The van der Waals surface area contributed by atoms with E-state index in [9.17, 15) is 4.79 Å². The summed E-state index contributed by atoms with van der Waals surface area (Å²) < 4.78 is 5.40. The Balaban J connectivity index is 1.73. The molecule has 7 nitrogen and oxygen atoms in total. The molecule has 2 aliphatic heterocycles. The quantitative estimate of drug-likeness (QED) is 0.870. The number of hydrogen-bond donors (Lipinski definition) is 1. The van der Waals surface area contributed by atoms with Gasteiger partial charge in [-0.05, 0) is 13.3 Å². The summed E-state index contributed by atoms with van der Waals surface area (Å²) in [6.45, 7) is 4.16. The van der Waals surface area contributed by atoms with Crippen LogP contribution in [0, 0.1) is 0 Å². The maximum atomic E-state index is 11.7. The zero-order valence-electron chi connectivity index (χ0n) is 11.7. The Hall–Kier alpha value is -2.05. The molecule has 3 rings (SSSR count). The van der Waals surface area contributed by atoms with Crippen molar-refractivity contribution in [2.24, 2.45) is 0 Å². The lowest BCUT2D eigenvalue weighted by Gasteiger charge is -2.36. The Morgan fingerprint density at radius 1 is 1.50 bits per heavy atom. The number of amides is 2. The summed E-state index contributed by atoms with van der Waals surface area (Å²) in [6.07, 6.45) is 2.46. The van der Waals surface area contributed by atoms with E-state index in [2.05, 4.69) is 20.2 Å². The minimum atomic E-state index is 0.0135. The van der Waals surface area contributed by atoms with Gasteiger partial charge in [0.15, 0.2) is 0 Å². The number of aromatic nitrogens is 2. The first kappa shape index (κ1) is 13.0. The van der Waals surface area contributed by atoms with Gasteiger partial charge in [0, 0.05) is 26.2 Å². The SMILES string of the molecule is CCOc1cc(N2CC[C@H]3[C@@H](C2)NC(=O)N3C)ncn1. The van der Waals surface area contributed by atoms with E-state index >= 15 is 0 Å². The highest BCUT2D eigenvalue weighted by Crippen LogP contribution is 2.25. The monoisotopic (exact) mass is 277 g/mol. The molecule has 0 bridgehead atoms. The minimum absolute atomic E-state index is 0.0135. The van der Waals surface area contributed by atoms with Crippen molar-refractivity contribution in [3.8, 4) is 5.88 Å². The van der Waals surface area contributed by atoms with Crippen molar-refractivity contribution in [2.75, 3.05) is 31.6 Å². The lowest BCUT2D eigenvalue weighted by molar-refractivity contribution is 0.212. The molecule has 0 saturated carbocycles. The summed E-state index contributed by atoms with van der Waals surface area (Å²) in [7, 11) is 1.85. The molecule has 3 heterocycles. The van der Waals surface area contributed by atoms with Crippen LogP contribution in [-0.2, 0) is 0 Å². The first-order valence-corrected chi connectivity index (χ1v) is 6.92. The van der Waals surface area contributed by atoms with Crippen LogP contribution < -0.4 is 15.0 Å². The van der Waals surface area contributed by atoms with Crippen molar-refractivity contribution >= 4 is 11.8 Å². The van der Waals surface area contributed by atoms with Crippen molar-refractivity contribution in [1.82, 2.24) is 20.2 Å². The van der Waals surface area contributed by atoms with Gasteiger partial charge in [0.1, 0.15) is 12.1 Å². The van der Waals surface area contributed by atoms with Crippen molar-refractivity contribution in [1.29, 1.82) is 0 Å². The van der Waals surface area contributed by atoms with Gasteiger partial charge < -0.3 is 19.9 Å². The molecule has 1 aromatic heterocycles. The number of carbonyl (C=O) groups is 1. The van der Waals surface area contributed by atoms with Crippen LogP contribution >= 0.6 is 0 Å². The number of rotatable bonds is 3. The number of nitrogens with zero attached hydrogens (tertiary/aromatic N) is 4. The van der Waals surface area contributed by atoms with Crippen LogP contribution in [0.5, 0.6) is 5.88 Å². The van der Waals surface area contributed by atoms with E-state index in [0.29, 0.717) is 12.5 Å². The van der Waals surface area contributed by atoms with Crippen LogP contribution in [-0.4, -0.2) is 59.7 Å². The van der Waals surface area contributed by atoms with E-state index in [1.165, 1.54) is 6.33 Å². The lowest BCUT2D eigenvalue weighted by atomic mass is 10.0. The van der Waals surface area contributed by atoms with Crippen LogP contribution in [0.3, 0.4) is 0 Å². The second-order valence-electron chi connectivity index (χ2n) is 5.12.